The Morgan fingerprint density at radius 1 is 1.39 bits per heavy atom. The maximum absolute atomic E-state index is 4.24. The molecule has 1 aliphatic rings. The van der Waals surface area contributed by atoms with E-state index >= 15 is 0 Å². The Labute approximate surface area is 111 Å². The summed E-state index contributed by atoms with van der Waals surface area (Å²) in [5, 5.41) is 3.63. The van der Waals surface area contributed by atoms with E-state index in [2.05, 4.69) is 29.1 Å². The van der Waals surface area contributed by atoms with Crippen LogP contribution in [0.2, 0.25) is 0 Å². The highest BCUT2D eigenvalue weighted by molar-refractivity contribution is 4.99. The average Bonchev–Trinajstić information content (AvgIpc) is 2.88. The monoisotopic (exact) mass is 249 g/mol. The maximum Gasteiger partial charge on any atom is 0.103 e. The van der Waals surface area contributed by atoms with Crippen LogP contribution < -0.4 is 5.32 Å². The van der Waals surface area contributed by atoms with Gasteiger partial charge in [0.25, 0.3) is 0 Å². The van der Waals surface area contributed by atoms with Gasteiger partial charge in [0, 0.05) is 25.0 Å². The van der Waals surface area contributed by atoms with Crippen LogP contribution in [0.1, 0.15) is 57.5 Å². The van der Waals surface area contributed by atoms with E-state index < -0.39 is 0 Å². The number of rotatable bonds is 6. The maximum atomic E-state index is 4.24. The molecule has 2 N–H and O–H groups in total. The smallest absolute Gasteiger partial charge is 0.103 e. The van der Waals surface area contributed by atoms with Crippen LogP contribution in [-0.2, 0) is 6.54 Å². The van der Waals surface area contributed by atoms with E-state index in [9.17, 15) is 0 Å². The van der Waals surface area contributed by atoms with Gasteiger partial charge in [-0.1, -0.05) is 26.7 Å². The molecule has 2 rings (SSSR count). The molecule has 0 spiro atoms. The molecule has 0 amide bonds. The predicted octanol–water partition coefficient (Wildman–Crippen LogP) is 3.41. The molecule has 1 fully saturated rings. The van der Waals surface area contributed by atoms with Gasteiger partial charge in [-0.2, -0.15) is 0 Å². The molecule has 1 heterocycles. The van der Waals surface area contributed by atoms with Crippen LogP contribution in [0, 0.1) is 18.3 Å². The second-order valence-electron chi connectivity index (χ2n) is 6.40. The van der Waals surface area contributed by atoms with Crippen LogP contribution in [0.15, 0.2) is 6.20 Å². The Hall–Kier alpha value is -0.830. The lowest BCUT2D eigenvalue weighted by molar-refractivity contribution is 0.223. The molecule has 0 saturated heterocycles. The van der Waals surface area contributed by atoms with E-state index in [4.69, 9.17) is 0 Å². The van der Waals surface area contributed by atoms with Gasteiger partial charge in [-0.25, -0.2) is 4.98 Å². The normalized spacial score (nSPS) is 18.7. The highest BCUT2D eigenvalue weighted by Gasteiger charge is 2.33. The fourth-order valence-electron chi connectivity index (χ4n) is 3.47. The molecule has 0 aromatic carbocycles. The van der Waals surface area contributed by atoms with Gasteiger partial charge >= 0.3 is 0 Å². The molecular formula is C15H27N3. The first-order valence-corrected chi connectivity index (χ1v) is 7.31. The summed E-state index contributed by atoms with van der Waals surface area (Å²) in [5.74, 6) is 1.81. The summed E-state index contributed by atoms with van der Waals surface area (Å²) in [4.78, 5) is 7.52. The van der Waals surface area contributed by atoms with Crippen molar-refractivity contribution >= 4 is 0 Å². The number of nitrogens with zero attached hydrogens (tertiary/aromatic N) is 1. The van der Waals surface area contributed by atoms with Crippen LogP contribution in [-0.4, -0.2) is 16.5 Å². The number of nitrogens with one attached hydrogen (secondary N) is 2. The van der Waals surface area contributed by atoms with Crippen LogP contribution in [0.4, 0.5) is 0 Å². The lowest BCUT2D eigenvalue weighted by atomic mass is 9.78. The molecular weight excluding hydrogens is 222 g/mol. The molecule has 18 heavy (non-hydrogen) atoms. The number of aromatic amines is 1. The van der Waals surface area contributed by atoms with Crippen LogP contribution >= 0.6 is 0 Å². The van der Waals surface area contributed by atoms with Crippen LogP contribution in [0.25, 0.3) is 0 Å². The van der Waals surface area contributed by atoms with E-state index in [0.717, 1.165) is 24.8 Å². The summed E-state index contributed by atoms with van der Waals surface area (Å²) >= 11 is 0. The van der Waals surface area contributed by atoms with Crippen molar-refractivity contribution in [3.63, 3.8) is 0 Å². The van der Waals surface area contributed by atoms with Gasteiger partial charge in [0.2, 0.25) is 0 Å². The van der Waals surface area contributed by atoms with Crippen molar-refractivity contribution in [2.24, 2.45) is 11.3 Å². The van der Waals surface area contributed by atoms with Gasteiger partial charge in [0.15, 0.2) is 0 Å². The van der Waals surface area contributed by atoms with Crippen LogP contribution in [0.3, 0.4) is 0 Å². The molecule has 3 nitrogen and oxygen atoms in total. The second-order valence-corrected chi connectivity index (χ2v) is 6.40. The molecule has 0 atom stereocenters. The molecule has 1 saturated carbocycles. The van der Waals surface area contributed by atoms with Gasteiger partial charge in [-0.05, 0) is 37.5 Å². The van der Waals surface area contributed by atoms with Gasteiger partial charge in [-0.3, -0.25) is 0 Å². The number of hydrogen-bond acceptors (Lipinski definition) is 2. The highest BCUT2D eigenvalue weighted by Crippen LogP contribution is 2.42. The molecule has 0 unspecified atom stereocenters. The van der Waals surface area contributed by atoms with E-state index in [1.54, 1.807) is 0 Å². The molecule has 0 radical (unpaired) electrons. The van der Waals surface area contributed by atoms with E-state index in [1.807, 2.05) is 13.1 Å². The Kier molecular flexibility index (Phi) is 4.44. The number of H-pyrrole nitrogens is 1. The van der Waals surface area contributed by atoms with Gasteiger partial charge in [0.1, 0.15) is 5.82 Å². The minimum Gasteiger partial charge on any atom is -0.345 e. The summed E-state index contributed by atoms with van der Waals surface area (Å²) in [6.07, 6.45) is 8.93. The predicted molar refractivity (Wildman–Crippen MR) is 75.4 cm³/mol. The summed E-state index contributed by atoms with van der Waals surface area (Å²) in [6, 6.07) is 0. The standard InChI is InChI=1S/C15H27N3/c1-12(2)8-15(6-4-5-7-15)11-16-9-14-10-17-13(3)18-14/h10,12,16H,4-9,11H2,1-3H3,(H,17,18). The summed E-state index contributed by atoms with van der Waals surface area (Å²) < 4.78 is 0. The van der Waals surface area contributed by atoms with Gasteiger partial charge < -0.3 is 10.3 Å². The fourth-order valence-corrected chi connectivity index (χ4v) is 3.47. The van der Waals surface area contributed by atoms with Crippen LogP contribution in [0.5, 0.6) is 0 Å². The number of aromatic nitrogens is 2. The van der Waals surface area contributed by atoms with Crippen molar-refractivity contribution in [3.8, 4) is 0 Å². The van der Waals surface area contributed by atoms with Crippen molar-refractivity contribution in [1.82, 2.24) is 15.3 Å². The minimum atomic E-state index is 0.559. The molecule has 1 aromatic rings. The summed E-state index contributed by atoms with van der Waals surface area (Å²) in [6.45, 7) is 8.77. The third-order valence-corrected chi connectivity index (χ3v) is 4.08. The van der Waals surface area contributed by atoms with E-state index in [1.165, 1.54) is 37.8 Å². The minimum absolute atomic E-state index is 0.559. The largest absolute Gasteiger partial charge is 0.345 e. The van der Waals surface area contributed by atoms with Gasteiger partial charge in [0.05, 0.1) is 0 Å². The molecule has 0 aliphatic heterocycles. The Morgan fingerprint density at radius 3 is 2.67 bits per heavy atom. The Balaban J connectivity index is 1.82. The molecule has 1 aliphatic carbocycles. The quantitative estimate of drug-likeness (QED) is 0.811. The first-order valence-electron chi connectivity index (χ1n) is 7.31. The Morgan fingerprint density at radius 2 is 2.11 bits per heavy atom. The zero-order chi connectivity index (χ0) is 13.0. The number of aryl methyl sites for hydroxylation is 1. The Bertz CT molecular complexity index is 362. The van der Waals surface area contributed by atoms with Crippen molar-refractivity contribution in [2.75, 3.05) is 6.54 Å². The van der Waals surface area contributed by atoms with E-state index in [-0.39, 0.29) is 0 Å². The molecule has 0 bridgehead atoms. The van der Waals surface area contributed by atoms with Crippen molar-refractivity contribution in [3.05, 3.63) is 17.7 Å². The third-order valence-electron chi connectivity index (χ3n) is 4.08. The fraction of sp³-hybridized carbons (Fsp3) is 0.800. The highest BCUT2D eigenvalue weighted by atomic mass is 15.0. The topological polar surface area (TPSA) is 40.7 Å². The molecule has 1 aromatic heterocycles. The zero-order valence-corrected chi connectivity index (χ0v) is 12.1. The lowest BCUT2D eigenvalue weighted by Crippen LogP contribution is -2.33. The number of hydrogen-bond donors (Lipinski definition) is 2. The second kappa shape index (κ2) is 5.87. The molecule has 3 heteroatoms. The average molecular weight is 249 g/mol. The first kappa shape index (κ1) is 13.6. The van der Waals surface area contributed by atoms with Crippen molar-refractivity contribution < 1.29 is 0 Å². The van der Waals surface area contributed by atoms with Gasteiger partial charge in [-0.15, -0.1) is 0 Å². The summed E-state index contributed by atoms with van der Waals surface area (Å²) in [5.41, 5.74) is 1.76. The lowest BCUT2D eigenvalue weighted by Gasteiger charge is -2.31. The number of imidazole rings is 1. The molecule has 102 valence electrons. The van der Waals surface area contributed by atoms with Crippen molar-refractivity contribution in [1.29, 1.82) is 0 Å². The summed E-state index contributed by atoms with van der Waals surface area (Å²) in [7, 11) is 0. The van der Waals surface area contributed by atoms with Crippen molar-refractivity contribution in [2.45, 2.75) is 59.4 Å². The van der Waals surface area contributed by atoms with E-state index in [0.29, 0.717) is 5.41 Å². The SMILES string of the molecule is Cc1ncc(CNCC2(CC(C)C)CCCC2)[nH]1. The first-order chi connectivity index (χ1) is 8.60. The third kappa shape index (κ3) is 3.58. The zero-order valence-electron chi connectivity index (χ0n) is 12.1.